The van der Waals surface area contributed by atoms with Gasteiger partial charge in [0.1, 0.15) is 0 Å². The summed E-state index contributed by atoms with van der Waals surface area (Å²) in [6.07, 6.45) is 0.602. The van der Waals surface area contributed by atoms with Crippen molar-refractivity contribution >= 4 is 27.1 Å². The maximum absolute atomic E-state index is 11.8. The first kappa shape index (κ1) is 16.4. The van der Waals surface area contributed by atoms with Crippen LogP contribution in [0.2, 0.25) is 0 Å². The van der Waals surface area contributed by atoms with E-state index in [1.165, 1.54) is 0 Å². The number of sulfonamides is 1. The van der Waals surface area contributed by atoms with Crippen molar-refractivity contribution in [2.75, 3.05) is 21.9 Å². The molecule has 0 aliphatic carbocycles. The molecule has 0 atom stereocenters. The van der Waals surface area contributed by atoms with Crippen LogP contribution in [0, 0.1) is 0 Å². The van der Waals surface area contributed by atoms with E-state index in [0.29, 0.717) is 12.1 Å². The molecule has 0 spiro atoms. The Balaban J connectivity index is 2.17. The molecule has 4 nitrogen and oxygen atoms in total. The van der Waals surface area contributed by atoms with Crippen molar-refractivity contribution in [2.45, 2.75) is 20.3 Å². The first-order valence-electron chi connectivity index (χ1n) is 7.49. The molecule has 1 N–H and O–H groups in total. The SMILES string of the molecule is CCCS(=O)(=O)Nc1ccc(N(CC)c2ccccc2)cc1. The highest BCUT2D eigenvalue weighted by Crippen LogP contribution is 2.26. The van der Waals surface area contributed by atoms with Crippen molar-refractivity contribution in [3.05, 3.63) is 54.6 Å². The fraction of sp³-hybridized carbons (Fsp3) is 0.294. The molecule has 22 heavy (non-hydrogen) atoms. The van der Waals surface area contributed by atoms with Crippen molar-refractivity contribution in [3.63, 3.8) is 0 Å². The van der Waals surface area contributed by atoms with Crippen LogP contribution in [0.3, 0.4) is 0 Å². The van der Waals surface area contributed by atoms with E-state index in [1.54, 1.807) is 12.1 Å². The molecule has 0 saturated carbocycles. The molecular formula is C17H22N2O2S. The van der Waals surface area contributed by atoms with E-state index in [-0.39, 0.29) is 5.75 Å². The highest BCUT2D eigenvalue weighted by molar-refractivity contribution is 7.92. The van der Waals surface area contributed by atoms with Gasteiger partial charge < -0.3 is 4.90 Å². The topological polar surface area (TPSA) is 49.4 Å². The molecule has 118 valence electrons. The minimum atomic E-state index is -3.24. The van der Waals surface area contributed by atoms with Gasteiger partial charge in [0.15, 0.2) is 0 Å². The predicted molar refractivity (Wildman–Crippen MR) is 93.3 cm³/mol. The predicted octanol–water partition coefficient (Wildman–Crippen LogP) is 4.00. The van der Waals surface area contributed by atoms with Crippen molar-refractivity contribution in [3.8, 4) is 0 Å². The van der Waals surface area contributed by atoms with Crippen LogP contribution in [0.1, 0.15) is 20.3 Å². The van der Waals surface area contributed by atoms with Crippen LogP contribution in [0.25, 0.3) is 0 Å². The van der Waals surface area contributed by atoms with Crippen molar-refractivity contribution in [1.82, 2.24) is 0 Å². The molecule has 2 aromatic carbocycles. The van der Waals surface area contributed by atoms with Crippen LogP contribution < -0.4 is 9.62 Å². The molecule has 5 heteroatoms. The lowest BCUT2D eigenvalue weighted by atomic mass is 10.2. The largest absolute Gasteiger partial charge is 0.342 e. The Morgan fingerprint density at radius 1 is 0.909 bits per heavy atom. The second-order valence-corrected chi connectivity index (χ2v) is 6.89. The summed E-state index contributed by atoms with van der Waals surface area (Å²) in [5.74, 6) is 0.139. The summed E-state index contributed by atoms with van der Waals surface area (Å²) >= 11 is 0. The number of hydrogen-bond donors (Lipinski definition) is 1. The minimum Gasteiger partial charge on any atom is -0.342 e. The summed E-state index contributed by atoms with van der Waals surface area (Å²) in [6, 6.07) is 17.6. The van der Waals surface area contributed by atoms with Crippen LogP contribution in [0.5, 0.6) is 0 Å². The van der Waals surface area contributed by atoms with Gasteiger partial charge in [0.05, 0.1) is 5.75 Å². The fourth-order valence-electron chi connectivity index (χ4n) is 2.33. The van der Waals surface area contributed by atoms with Crippen LogP contribution in [0.4, 0.5) is 17.1 Å². The number of para-hydroxylation sites is 1. The smallest absolute Gasteiger partial charge is 0.232 e. The number of nitrogens with one attached hydrogen (secondary N) is 1. The molecule has 0 radical (unpaired) electrons. The van der Waals surface area contributed by atoms with Crippen LogP contribution >= 0.6 is 0 Å². The monoisotopic (exact) mass is 318 g/mol. The molecule has 0 aliphatic rings. The second-order valence-electron chi connectivity index (χ2n) is 5.05. The lowest BCUT2D eigenvalue weighted by Crippen LogP contribution is -2.17. The summed E-state index contributed by atoms with van der Waals surface area (Å²) in [7, 11) is -3.24. The first-order chi connectivity index (χ1) is 10.6. The molecular weight excluding hydrogens is 296 g/mol. The van der Waals surface area contributed by atoms with Gasteiger partial charge in [-0.15, -0.1) is 0 Å². The highest BCUT2D eigenvalue weighted by Gasteiger charge is 2.10. The number of benzene rings is 2. The molecule has 0 aromatic heterocycles. The third-order valence-electron chi connectivity index (χ3n) is 3.31. The number of rotatable bonds is 7. The van der Waals surface area contributed by atoms with E-state index in [1.807, 2.05) is 37.3 Å². The van der Waals surface area contributed by atoms with Gasteiger partial charge in [0.2, 0.25) is 10.0 Å². The normalized spacial score (nSPS) is 11.2. The molecule has 2 aromatic rings. The summed E-state index contributed by atoms with van der Waals surface area (Å²) in [5, 5.41) is 0. The van der Waals surface area contributed by atoms with E-state index in [9.17, 15) is 8.42 Å². The van der Waals surface area contributed by atoms with Gasteiger partial charge in [-0.1, -0.05) is 25.1 Å². The van der Waals surface area contributed by atoms with Gasteiger partial charge in [-0.05, 0) is 49.7 Å². The van der Waals surface area contributed by atoms with Gasteiger partial charge in [-0.2, -0.15) is 0 Å². The third-order valence-corrected chi connectivity index (χ3v) is 4.80. The maximum atomic E-state index is 11.8. The quantitative estimate of drug-likeness (QED) is 0.839. The Bertz CT molecular complexity index is 682. The zero-order chi connectivity index (χ0) is 16.0. The van der Waals surface area contributed by atoms with E-state index >= 15 is 0 Å². The van der Waals surface area contributed by atoms with Gasteiger partial charge in [0, 0.05) is 23.6 Å². The van der Waals surface area contributed by atoms with Gasteiger partial charge in [0.25, 0.3) is 0 Å². The summed E-state index contributed by atoms with van der Waals surface area (Å²) in [4.78, 5) is 2.17. The van der Waals surface area contributed by atoms with Crippen molar-refractivity contribution < 1.29 is 8.42 Å². The van der Waals surface area contributed by atoms with Crippen LogP contribution in [-0.4, -0.2) is 20.7 Å². The Morgan fingerprint density at radius 3 is 2.05 bits per heavy atom. The first-order valence-corrected chi connectivity index (χ1v) is 9.14. The van der Waals surface area contributed by atoms with Crippen LogP contribution in [0.15, 0.2) is 54.6 Å². The van der Waals surface area contributed by atoms with Gasteiger partial charge in [-0.3, -0.25) is 4.72 Å². The Morgan fingerprint density at radius 2 is 1.50 bits per heavy atom. The fourth-order valence-corrected chi connectivity index (χ4v) is 3.47. The van der Waals surface area contributed by atoms with E-state index in [2.05, 4.69) is 28.7 Å². The minimum absolute atomic E-state index is 0.139. The molecule has 2 rings (SSSR count). The average molecular weight is 318 g/mol. The zero-order valence-corrected chi connectivity index (χ0v) is 13.8. The van der Waals surface area contributed by atoms with E-state index in [0.717, 1.165) is 17.9 Å². The second kappa shape index (κ2) is 7.31. The maximum Gasteiger partial charge on any atom is 0.232 e. The number of nitrogens with zero attached hydrogens (tertiary/aromatic N) is 1. The Labute approximate surface area is 132 Å². The standard InChI is InChI=1S/C17H22N2O2S/c1-3-14-22(20,21)18-15-10-12-17(13-11-15)19(4-2)16-8-6-5-7-9-16/h5-13,18H,3-4,14H2,1-2H3. The number of hydrogen-bond acceptors (Lipinski definition) is 3. The molecule has 0 amide bonds. The van der Waals surface area contributed by atoms with Crippen LogP contribution in [-0.2, 0) is 10.0 Å². The molecule has 0 unspecified atom stereocenters. The third kappa shape index (κ3) is 4.24. The molecule has 0 bridgehead atoms. The summed E-state index contributed by atoms with van der Waals surface area (Å²) in [6.45, 7) is 4.77. The van der Waals surface area contributed by atoms with Crippen molar-refractivity contribution in [2.24, 2.45) is 0 Å². The van der Waals surface area contributed by atoms with E-state index < -0.39 is 10.0 Å². The highest BCUT2D eigenvalue weighted by atomic mass is 32.2. The van der Waals surface area contributed by atoms with Gasteiger partial charge in [-0.25, -0.2) is 8.42 Å². The summed E-state index contributed by atoms with van der Waals surface area (Å²) in [5.41, 5.74) is 2.75. The lowest BCUT2D eigenvalue weighted by molar-refractivity contribution is 0.600. The molecule has 0 aliphatic heterocycles. The van der Waals surface area contributed by atoms with Crippen molar-refractivity contribution in [1.29, 1.82) is 0 Å². The lowest BCUT2D eigenvalue weighted by Gasteiger charge is -2.23. The number of anilines is 3. The summed E-state index contributed by atoms with van der Waals surface area (Å²) < 4.78 is 26.1. The molecule has 0 saturated heterocycles. The van der Waals surface area contributed by atoms with E-state index in [4.69, 9.17) is 0 Å². The Hall–Kier alpha value is -2.01. The molecule has 0 fully saturated rings. The molecule has 0 heterocycles. The van der Waals surface area contributed by atoms with Gasteiger partial charge >= 0.3 is 0 Å². The average Bonchev–Trinajstić information content (AvgIpc) is 2.50. The zero-order valence-electron chi connectivity index (χ0n) is 13.0. The Kier molecular flexibility index (Phi) is 5.44.